The van der Waals surface area contributed by atoms with E-state index in [2.05, 4.69) is 22.5 Å². The highest BCUT2D eigenvalue weighted by atomic mass is 79.9. The number of hydrogen-bond donors (Lipinski definition) is 0. The number of hydrogen-bond acceptors (Lipinski definition) is 0. The van der Waals surface area contributed by atoms with Crippen LogP contribution in [0.5, 0.6) is 0 Å². The van der Waals surface area contributed by atoms with Gasteiger partial charge < -0.3 is 0 Å². The molecule has 32 valence electrons. The minimum absolute atomic E-state index is 1.75. The maximum Gasteiger partial charge on any atom is -0.00848 e. The first-order valence-electron chi connectivity index (χ1n) is 1.36. The summed E-state index contributed by atoms with van der Waals surface area (Å²) in [5.41, 5.74) is 0. The lowest BCUT2D eigenvalue weighted by Gasteiger charge is -1.31. The third-order valence-corrected chi connectivity index (χ3v) is 0. The van der Waals surface area contributed by atoms with Crippen LogP contribution in [-0.2, 0) is 0 Å². The molecule has 0 aliphatic carbocycles. The third kappa shape index (κ3) is 430. The lowest BCUT2D eigenvalue weighted by atomic mass is 10.8. The number of allylic oxidation sites excluding steroid dienone is 1. The topological polar surface area (TPSA) is 0 Å². The van der Waals surface area contributed by atoms with E-state index in [1.54, 1.807) is 6.08 Å². The molecule has 0 aromatic rings. The number of rotatable bonds is 0. The van der Waals surface area contributed by atoms with E-state index in [1.165, 1.54) is 0 Å². The Balaban J connectivity index is 0. The van der Waals surface area contributed by atoms with Crippen molar-refractivity contribution in [1.82, 2.24) is 0 Å². The Kier molecular flexibility index (Phi) is 52.7. The first-order valence-corrected chi connectivity index (χ1v) is 2.95. The summed E-state index contributed by atoms with van der Waals surface area (Å²) in [4.78, 5) is 0. The molecule has 0 amide bonds. The van der Waals surface area contributed by atoms with Crippen molar-refractivity contribution in [2.24, 2.45) is 0 Å². The van der Waals surface area contributed by atoms with Crippen molar-refractivity contribution in [1.29, 1.82) is 0 Å². The van der Waals surface area contributed by atoms with Crippen LogP contribution in [0.3, 0.4) is 0 Å². The zero-order chi connectivity index (χ0) is 4.71. The molecule has 0 saturated carbocycles. The molecular weight excluding hydrogens is 128 g/mol. The third-order valence-electron chi connectivity index (χ3n) is 0. The SMILES string of the molecule is C=CC.CBr. The molecule has 0 spiro atoms. The highest BCUT2D eigenvalue weighted by molar-refractivity contribution is 9.08. The highest BCUT2D eigenvalue weighted by Gasteiger charge is 1.15. The van der Waals surface area contributed by atoms with Crippen molar-refractivity contribution in [3.8, 4) is 0 Å². The van der Waals surface area contributed by atoms with Gasteiger partial charge in [0.05, 0.1) is 0 Å². The molecule has 0 aromatic carbocycles. The average molecular weight is 137 g/mol. The molecule has 0 atom stereocenters. The van der Waals surface area contributed by atoms with Crippen molar-refractivity contribution in [3.05, 3.63) is 12.7 Å². The predicted molar refractivity (Wildman–Crippen MR) is 30.7 cm³/mol. The second-order valence-corrected chi connectivity index (χ2v) is 0.408. The molecule has 0 rings (SSSR count). The predicted octanol–water partition coefficient (Wildman–Crippen LogP) is 2.20. The van der Waals surface area contributed by atoms with Crippen LogP contribution >= 0.6 is 15.9 Å². The van der Waals surface area contributed by atoms with Crippen molar-refractivity contribution in [2.45, 2.75) is 6.92 Å². The Labute approximate surface area is 42.0 Å². The molecule has 0 radical (unpaired) electrons. The lowest BCUT2D eigenvalue weighted by molar-refractivity contribution is 1.80. The van der Waals surface area contributed by atoms with Crippen LogP contribution in [0.4, 0.5) is 0 Å². The second kappa shape index (κ2) is 29.4. The molecule has 0 bridgehead atoms. The van der Waals surface area contributed by atoms with Crippen molar-refractivity contribution >= 4 is 15.9 Å². The van der Waals surface area contributed by atoms with Gasteiger partial charge in [-0.2, -0.15) is 0 Å². The Morgan fingerprint density at radius 2 is 1.60 bits per heavy atom. The molecule has 0 unspecified atom stereocenters. The molecule has 5 heavy (non-hydrogen) atoms. The van der Waals surface area contributed by atoms with Gasteiger partial charge in [0.15, 0.2) is 0 Å². The summed E-state index contributed by atoms with van der Waals surface area (Å²) >= 11 is 2.94. The van der Waals surface area contributed by atoms with E-state index in [4.69, 9.17) is 0 Å². The lowest BCUT2D eigenvalue weighted by Crippen LogP contribution is -1.07. The standard InChI is InChI=1S/C3H6.CH3Br/c1-3-2;1-2/h3H,1H2,2H3;1H3. The van der Waals surface area contributed by atoms with Gasteiger partial charge in [-0.1, -0.05) is 22.0 Å². The van der Waals surface area contributed by atoms with Gasteiger partial charge in [0.1, 0.15) is 0 Å². The monoisotopic (exact) mass is 136 g/mol. The molecule has 0 nitrogen and oxygen atoms in total. The van der Waals surface area contributed by atoms with Gasteiger partial charge >= 0.3 is 0 Å². The smallest absolute Gasteiger partial charge is 0.00848 e. The van der Waals surface area contributed by atoms with Gasteiger partial charge in [0.25, 0.3) is 0 Å². The van der Waals surface area contributed by atoms with E-state index in [-0.39, 0.29) is 0 Å². The molecule has 0 saturated heterocycles. The summed E-state index contributed by atoms with van der Waals surface area (Å²) in [7, 11) is 0. The molecule has 0 aromatic heterocycles. The zero-order valence-electron chi connectivity index (χ0n) is 3.66. The molecule has 0 heterocycles. The summed E-state index contributed by atoms with van der Waals surface area (Å²) in [6.45, 7) is 5.25. The summed E-state index contributed by atoms with van der Waals surface area (Å²) in [6, 6.07) is 0. The van der Waals surface area contributed by atoms with Crippen LogP contribution in [0.15, 0.2) is 12.7 Å². The quantitative estimate of drug-likeness (QED) is 0.354. The van der Waals surface area contributed by atoms with Gasteiger partial charge in [0.2, 0.25) is 0 Å². The van der Waals surface area contributed by atoms with Crippen LogP contribution in [0.2, 0.25) is 0 Å². The van der Waals surface area contributed by atoms with Crippen molar-refractivity contribution in [2.75, 3.05) is 5.83 Å². The van der Waals surface area contributed by atoms with Gasteiger partial charge in [-0.05, 0) is 12.8 Å². The molecule has 0 aliphatic rings. The molecule has 0 fully saturated rings. The molecule has 0 aliphatic heterocycles. The fourth-order valence-electron chi connectivity index (χ4n) is 0. The number of halogens is 1. The minimum atomic E-state index is 1.75. The van der Waals surface area contributed by atoms with E-state index >= 15 is 0 Å². The summed E-state index contributed by atoms with van der Waals surface area (Å²) in [5.74, 6) is 1.81. The van der Waals surface area contributed by atoms with Crippen LogP contribution < -0.4 is 0 Å². The second-order valence-electron chi connectivity index (χ2n) is 0.408. The molecule has 0 N–H and O–H groups in total. The van der Waals surface area contributed by atoms with Crippen LogP contribution in [0, 0.1) is 0 Å². The maximum absolute atomic E-state index is 3.36. The Bertz CT molecular complexity index is 11.1. The van der Waals surface area contributed by atoms with Crippen LogP contribution in [-0.4, -0.2) is 5.83 Å². The first kappa shape index (κ1) is 8.97. The minimum Gasteiger partial charge on any atom is -0.103 e. The van der Waals surface area contributed by atoms with Gasteiger partial charge in [0, 0.05) is 0 Å². The van der Waals surface area contributed by atoms with E-state index in [0.717, 1.165) is 0 Å². The van der Waals surface area contributed by atoms with Crippen LogP contribution in [0.25, 0.3) is 0 Å². The summed E-state index contributed by atoms with van der Waals surface area (Å²) in [6.07, 6.45) is 1.75. The fourth-order valence-corrected chi connectivity index (χ4v) is 0. The van der Waals surface area contributed by atoms with E-state index in [0.29, 0.717) is 0 Å². The van der Waals surface area contributed by atoms with E-state index < -0.39 is 0 Å². The Hall–Kier alpha value is 0.220. The maximum atomic E-state index is 3.36. The first-order chi connectivity index (χ1) is 2.41. The van der Waals surface area contributed by atoms with Crippen molar-refractivity contribution < 1.29 is 0 Å². The zero-order valence-corrected chi connectivity index (χ0v) is 5.25. The normalized spacial score (nSPS) is 3.80. The van der Waals surface area contributed by atoms with Gasteiger partial charge in [-0.25, -0.2) is 0 Å². The van der Waals surface area contributed by atoms with Gasteiger partial charge in [-0.3, -0.25) is 0 Å². The summed E-state index contributed by atoms with van der Waals surface area (Å²) in [5, 5.41) is 0. The average Bonchev–Trinajstić information content (AvgIpc) is 1.46. The van der Waals surface area contributed by atoms with E-state index in [9.17, 15) is 0 Å². The Morgan fingerprint density at radius 1 is 1.60 bits per heavy atom. The van der Waals surface area contributed by atoms with E-state index in [1.807, 2.05) is 12.8 Å². The van der Waals surface area contributed by atoms with Gasteiger partial charge in [-0.15, -0.1) is 6.58 Å². The molecular formula is C4H9Br. The Morgan fingerprint density at radius 3 is 1.60 bits per heavy atom. The molecule has 1 heteroatoms. The van der Waals surface area contributed by atoms with Crippen LogP contribution in [0.1, 0.15) is 6.92 Å². The largest absolute Gasteiger partial charge is 0.103 e. The highest BCUT2D eigenvalue weighted by Crippen LogP contribution is 1.45. The van der Waals surface area contributed by atoms with Crippen molar-refractivity contribution in [3.63, 3.8) is 0 Å². The summed E-state index contributed by atoms with van der Waals surface area (Å²) < 4.78 is 0. The number of alkyl halides is 1. The fraction of sp³-hybridized carbons (Fsp3) is 0.500.